The molecule has 2 rings (SSSR count). The van der Waals surface area contributed by atoms with Gasteiger partial charge in [0, 0.05) is 13.1 Å². The van der Waals surface area contributed by atoms with Gasteiger partial charge >= 0.3 is 0 Å². The number of aryl methyl sites for hydroxylation is 1. The standard InChI is InChI=1S/C13H20N2/c1-9(2)11-7-14-12-5-4-10(3)6-13(12)15-8-11/h4-6,9,11,14-15H,7-8H2,1-3H3. The normalized spacial score (nSPS) is 20.1. The van der Waals surface area contributed by atoms with Gasteiger partial charge in [0.1, 0.15) is 0 Å². The second kappa shape index (κ2) is 4.13. The molecule has 0 saturated heterocycles. The highest BCUT2D eigenvalue weighted by molar-refractivity contribution is 5.70. The molecular formula is C13H20N2. The lowest BCUT2D eigenvalue weighted by Gasteiger charge is -2.18. The molecule has 2 N–H and O–H groups in total. The van der Waals surface area contributed by atoms with Crippen LogP contribution in [0, 0.1) is 18.8 Å². The van der Waals surface area contributed by atoms with Crippen LogP contribution in [0.2, 0.25) is 0 Å². The fourth-order valence-corrected chi connectivity index (χ4v) is 1.98. The van der Waals surface area contributed by atoms with E-state index in [0.717, 1.165) is 19.0 Å². The van der Waals surface area contributed by atoms with Gasteiger partial charge < -0.3 is 10.6 Å². The van der Waals surface area contributed by atoms with E-state index in [1.807, 2.05) is 0 Å². The van der Waals surface area contributed by atoms with E-state index in [0.29, 0.717) is 5.92 Å². The highest BCUT2D eigenvalue weighted by Gasteiger charge is 2.17. The molecule has 1 aliphatic rings. The van der Waals surface area contributed by atoms with Gasteiger partial charge in [-0.1, -0.05) is 19.9 Å². The van der Waals surface area contributed by atoms with Gasteiger partial charge in [-0.25, -0.2) is 0 Å². The van der Waals surface area contributed by atoms with Gasteiger partial charge in [0.2, 0.25) is 0 Å². The molecular weight excluding hydrogens is 184 g/mol. The Morgan fingerprint density at radius 2 is 1.80 bits per heavy atom. The summed E-state index contributed by atoms with van der Waals surface area (Å²) in [4.78, 5) is 0. The Bertz CT molecular complexity index is 344. The zero-order chi connectivity index (χ0) is 10.8. The molecule has 1 aliphatic heterocycles. The van der Waals surface area contributed by atoms with Crippen LogP contribution in [-0.4, -0.2) is 13.1 Å². The van der Waals surface area contributed by atoms with E-state index in [4.69, 9.17) is 0 Å². The molecule has 1 aromatic rings. The maximum Gasteiger partial charge on any atom is 0.0578 e. The Kier molecular flexibility index (Phi) is 2.85. The van der Waals surface area contributed by atoms with Crippen molar-refractivity contribution in [2.75, 3.05) is 23.7 Å². The van der Waals surface area contributed by atoms with Gasteiger partial charge in [0.15, 0.2) is 0 Å². The molecule has 0 saturated carbocycles. The van der Waals surface area contributed by atoms with E-state index in [2.05, 4.69) is 49.6 Å². The number of rotatable bonds is 1. The number of nitrogens with one attached hydrogen (secondary N) is 2. The van der Waals surface area contributed by atoms with Crippen LogP contribution in [0.5, 0.6) is 0 Å². The molecule has 2 heteroatoms. The topological polar surface area (TPSA) is 24.1 Å². The number of hydrogen-bond donors (Lipinski definition) is 2. The minimum Gasteiger partial charge on any atom is -0.383 e. The van der Waals surface area contributed by atoms with Gasteiger partial charge in [-0.2, -0.15) is 0 Å². The fraction of sp³-hybridized carbons (Fsp3) is 0.538. The summed E-state index contributed by atoms with van der Waals surface area (Å²) in [5.74, 6) is 1.43. The lowest BCUT2D eigenvalue weighted by Crippen LogP contribution is -2.23. The summed E-state index contributed by atoms with van der Waals surface area (Å²) in [5.41, 5.74) is 3.80. The van der Waals surface area contributed by atoms with Gasteiger partial charge in [-0.15, -0.1) is 0 Å². The van der Waals surface area contributed by atoms with E-state index in [1.54, 1.807) is 0 Å². The zero-order valence-electron chi connectivity index (χ0n) is 9.80. The first-order valence-corrected chi connectivity index (χ1v) is 5.75. The molecule has 0 aromatic heterocycles. The molecule has 2 nitrogen and oxygen atoms in total. The third-order valence-corrected chi connectivity index (χ3v) is 3.23. The summed E-state index contributed by atoms with van der Waals surface area (Å²) in [6, 6.07) is 6.54. The van der Waals surface area contributed by atoms with E-state index in [9.17, 15) is 0 Å². The molecule has 1 atom stereocenters. The van der Waals surface area contributed by atoms with Gasteiger partial charge in [-0.3, -0.25) is 0 Å². The predicted molar refractivity (Wildman–Crippen MR) is 66.5 cm³/mol. The maximum absolute atomic E-state index is 3.53. The van der Waals surface area contributed by atoms with Crippen molar-refractivity contribution in [3.05, 3.63) is 23.8 Å². The smallest absolute Gasteiger partial charge is 0.0578 e. The van der Waals surface area contributed by atoms with Crippen LogP contribution >= 0.6 is 0 Å². The Morgan fingerprint density at radius 3 is 2.47 bits per heavy atom. The third kappa shape index (κ3) is 2.25. The van der Waals surface area contributed by atoms with Gasteiger partial charge in [0.05, 0.1) is 11.4 Å². The molecule has 0 radical (unpaired) electrons. The maximum atomic E-state index is 3.53. The first kappa shape index (κ1) is 10.3. The van der Waals surface area contributed by atoms with Crippen LogP contribution in [0.4, 0.5) is 11.4 Å². The van der Waals surface area contributed by atoms with Gasteiger partial charge in [0.25, 0.3) is 0 Å². The molecule has 82 valence electrons. The largest absolute Gasteiger partial charge is 0.383 e. The Hall–Kier alpha value is -1.18. The second-order valence-electron chi connectivity index (χ2n) is 4.81. The molecule has 0 bridgehead atoms. The summed E-state index contributed by atoms with van der Waals surface area (Å²) < 4.78 is 0. The van der Waals surface area contributed by atoms with Crippen molar-refractivity contribution in [2.24, 2.45) is 11.8 Å². The highest BCUT2D eigenvalue weighted by atomic mass is 15.0. The highest BCUT2D eigenvalue weighted by Crippen LogP contribution is 2.27. The van der Waals surface area contributed by atoms with E-state index >= 15 is 0 Å². The number of benzene rings is 1. The van der Waals surface area contributed by atoms with Crippen molar-refractivity contribution in [1.29, 1.82) is 0 Å². The van der Waals surface area contributed by atoms with Crippen LogP contribution in [0.3, 0.4) is 0 Å². The molecule has 0 amide bonds. The summed E-state index contributed by atoms with van der Waals surface area (Å²) in [6.45, 7) is 8.85. The summed E-state index contributed by atoms with van der Waals surface area (Å²) in [6.07, 6.45) is 0. The van der Waals surface area contributed by atoms with Crippen LogP contribution in [0.25, 0.3) is 0 Å². The van der Waals surface area contributed by atoms with Crippen molar-refractivity contribution in [3.8, 4) is 0 Å². The van der Waals surface area contributed by atoms with Crippen LogP contribution < -0.4 is 10.6 Å². The van der Waals surface area contributed by atoms with Crippen LogP contribution in [0.1, 0.15) is 19.4 Å². The first-order chi connectivity index (χ1) is 7.16. The minimum atomic E-state index is 0.706. The summed E-state index contributed by atoms with van der Waals surface area (Å²) in [7, 11) is 0. The minimum absolute atomic E-state index is 0.706. The Morgan fingerprint density at radius 1 is 1.13 bits per heavy atom. The number of fused-ring (bicyclic) bond motifs is 1. The predicted octanol–water partition coefficient (Wildman–Crippen LogP) is 3.10. The van der Waals surface area contributed by atoms with Crippen molar-refractivity contribution in [2.45, 2.75) is 20.8 Å². The quantitative estimate of drug-likeness (QED) is 0.734. The van der Waals surface area contributed by atoms with E-state index in [1.165, 1.54) is 16.9 Å². The monoisotopic (exact) mass is 204 g/mol. The van der Waals surface area contributed by atoms with Crippen molar-refractivity contribution in [3.63, 3.8) is 0 Å². The van der Waals surface area contributed by atoms with Crippen molar-refractivity contribution >= 4 is 11.4 Å². The lowest BCUT2D eigenvalue weighted by molar-refractivity contribution is 0.426. The van der Waals surface area contributed by atoms with Gasteiger partial charge in [-0.05, 0) is 36.5 Å². The van der Waals surface area contributed by atoms with Crippen LogP contribution in [-0.2, 0) is 0 Å². The molecule has 15 heavy (non-hydrogen) atoms. The molecule has 0 aliphatic carbocycles. The third-order valence-electron chi connectivity index (χ3n) is 3.23. The molecule has 1 heterocycles. The van der Waals surface area contributed by atoms with E-state index in [-0.39, 0.29) is 0 Å². The Balaban J connectivity index is 2.18. The SMILES string of the molecule is Cc1ccc2c(c1)NCC(C(C)C)CN2. The molecule has 0 spiro atoms. The fourth-order valence-electron chi connectivity index (χ4n) is 1.98. The summed E-state index contributed by atoms with van der Waals surface area (Å²) in [5, 5.41) is 7.06. The van der Waals surface area contributed by atoms with Crippen molar-refractivity contribution < 1.29 is 0 Å². The summed E-state index contributed by atoms with van der Waals surface area (Å²) >= 11 is 0. The van der Waals surface area contributed by atoms with Crippen molar-refractivity contribution in [1.82, 2.24) is 0 Å². The first-order valence-electron chi connectivity index (χ1n) is 5.75. The second-order valence-corrected chi connectivity index (χ2v) is 4.81. The average Bonchev–Trinajstić information content (AvgIpc) is 2.39. The molecule has 1 unspecified atom stereocenters. The zero-order valence-corrected chi connectivity index (χ0v) is 9.80. The molecule has 0 fully saturated rings. The number of hydrogen-bond acceptors (Lipinski definition) is 2. The Labute approximate surface area is 92.1 Å². The molecule has 1 aromatic carbocycles. The van der Waals surface area contributed by atoms with E-state index < -0.39 is 0 Å². The number of anilines is 2. The van der Waals surface area contributed by atoms with Crippen LogP contribution in [0.15, 0.2) is 18.2 Å². The lowest BCUT2D eigenvalue weighted by atomic mass is 9.96. The average molecular weight is 204 g/mol.